The van der Waals surface area contributed by atoms with Crippen molar-refractivity contribution < 1.29 is 9.59 Å². The van der Waals surface area contributed by atoms with Gasteiger partial charge >= 0.3 is 0 Å². The maximum absolute atomic E-state index is 12.0. The largest absolute Gasteiger partial charge is 0.340 e. The van der Waals surface area contributed by atoms with E-state index in [0.717, 1.165) is 13.1 Å². The van der Waals surface area contributed by atoms with Crippen LogP contribution in [0.4, 0.5) is 5.69 Å². The number of rotatable bonds is 3. The molecule has 2 amide bonds. The van der Waals surface area contributed by atoms with Crippen LogP contribution in [0.15, 0.2) is 24.3 Å². The lowest BCUT2D eigenvalue weighted by Crippen LogP contribution is -2.47. The van der Waals surface area contributed by atoms with E-state index in [1.807, 2.05) is 13.1 Å². The molecule has 0 spiro atoms. The molecule has 0 aromatic heterocycles. The van der Waals surface area contributed by atoms with Crippen LogP contribution in [0.5, 0.6) is 0 Å². The number of hydrogen-bond acceptors (Lipinski definition) is 4. The number of amides is 2. The van der Waals surface area contributed by atoms with Crippen molar-refractivity contribution in [3.63, 3.8) is 0 Å². The average Bonchev–Trinajstić information content (AvgIpc) is 2.48. The van der Waals surface area contributed by atoms with Crippen molar-refractivity contribution in [1.29, 1.82) is 5.26 Å². The third kappa shape index (κ3) is 4.04. The van der Waals surface area contributed by atoms with Gasteiger partial charge < -0.3 is 15.1 Å². The van der Waals surface area contributed by atoms with Crippen molar-refractivity contribution in [2.75, 3.05) is 38.5 Å². The Kier molecular flexibility index (Phi) is 4.90. The number of benzene rings is 1. The van der Waals surface area contributed by atoms with E-state index in [9.17, 15) is 9.59 Å². The first-order valence-electron chi connectivity index (χ1n) is 6.85. The second kappa shape index (κ2) is 6.86. The topological polar surface area (TPSA) is 76.4 Å². The fourth-order valence-corrected chi connectivity index (χ4v) is 2.19. The molecule has 6 heteroatoms. The van der Waals surface area contributed by atoms with Gasteiger partial charge in [-0.2, -0.15) is 5.26 Å². The second-order valence-corrected chi connectivity index (χ2v) is 5.07. The number of piperazine rings is 1. The molecule has 1 aliphatic heterocycles. The summed E-state index contributed by atoms with van der Waals surface area (Å²) in [7, 11) is 2.01. The van der Waals surface area contributed by atoms with Gasteiger partial charge in [-0.05, 0) is 19.2 Å². The number of hydrogen-bond donors (Lipinski definition) is 1. The Morgan fingerprint density at radius 3 is 2.57 bits per heavy atom. The van der Waals surface area contributed by atoms with Crippen molar-refractivity contribution in [1.82, 2.24) is 9.80 Å². The third-order valence-electron chi connectivity index (χ3n) is 3.49. The number of carbonyl (C=O) groups is 2. The second-order valence-electron chi connectivity index (χ2n) is 5.07. The Morgan fingerprint density at radius 2 is 1.90 bits per heavy atom. The molecule has 1 aromatic carbocycles. The minimum Gasteiger partial charge on any atom is -0.340 e. The van der Waals surface area contributed by atoms with E-state index < -0.39 is 0 Å². The monoisotopic (exact) mass is 286 g/mol. The molecule has 110 valence electrons. The van der Waals surface area contributed by atoms with E-state index >= 15 is 0 Å². The van der Waals surface area contributed by atoms with Gasteiger partial charge in [0.1, 0.15) is 12.5 Å². The Balaban J connectivity index is 1.90. The quantitative estimate of drug-likeness (QED) is 0.828. The van der Waals surface area contributed by atoms with Gasteiger partial charge in [0, 0.05) is 26.2 Å². The molecule has 6 nitrogen and oxygen atoms in total. The number of nitrogens with zero attached hydrogens (tertiary/aromatic N) is 3. The van der Waals surface area contributed by atoms with Crippen LogP contribution in [-0.4, -0.2) is 54.8 Å². The maximum atomic E-state index is 12.0. The fraction of sp³-hybridized carbons (Fsp3) is 0.400. The van der Waals surface area contributed by atoms with Crippen LogP contribution in [0.2, 0.25) is 0 Å². The molecule has 0 atom stereocenters. The predicted molar refractivity (Wildman–Crippen MR) is 78.5 cm³/mol. The Morgan fingerprint density at radius 1 is 1.24 bits per heavy atom. The normalized spacial score (nSPS) is 15.3. The lowest BCUT2D eigenvalue weighted by Gasteiger charge is -2.32. The summed E-state index contributed by atoms with van der Waals surface area (Å²) < 4.78 is 0. The van der Waals surface area contributed by atoms with Crippen molar-refractivity contribution in [3.05, 3.63) is 29.8 Å². The first kappa shape index (κ1) is 15.0. The van der Waals surface area contributed by atoms with Crippen LogP contribution in [0.25, 0.3) is 0 Å². The van der Waals surface area contributed by atoms with Gasteiger partial charge in [0.05, 0.1) is 11.3 Å². The Labute approximate surface area is 123 Å². The van der Waals surface area contributed by atoms with Gasteiger partial charge in [-0.15, -0.1) is 0 Å². The number of carbonyl (C=O) groups excluding carboxylic acids is 2. The van der Waals surface area contributed by atoms with Gasteiger partial charge in [-0.1, -0.05) is 12.1 Å². The minimum absolute atomic E-state index is 0.171. The van der Waals surface area contributed by atoms with E-state index in [0.29, 0.717) is 24.3 Å². The smallest absolute Gasteiger partial charge is 0.233 e. The van der Waals surface area contributed by atoms with Gasteiger partial charge in [0.2, 0.25) is 11.8 Å². The zero-order valence-electron chi connectivity index (χ0n) is 12.0. The standard InChI is InChI=1S/C15H18N4O2/c1-18-6-8-19(9-7-18)15(21)10-14(20)17-13-5-3-2-4-12(13)11-16/h2-5H,6-10H2,1H3,(H,17,20). The highest BCUT2D eigenvalue weighted by molar-refractivity contribution is 6.04. The highest BCUT2D eigenvalue weighted by atomic mass is 16.2. The zero-order chi connectivity index (χ0) is 15.2. The maximum Gasteiger partial charge on any atom is 0.233 e. The van der Waals surface area contributed by atoms with Crippen molar-refractivity contribution in [3.8, 4) is 6.07 Å². The fourth-order valence-electron chi connectivity index (χ4n) is 2.19. The van der Waals surface area contributed by atoms with Gasteiger partial charge in [-0.25, -0.2) is 0 Å². The molecule has 0 aliphatic carbocycles. The molecule has 1 N–H and O–H groups in total. The van der Waals surface area contributed by atoms with Crippen LogP contribution in [0.1, 0.15) is 12.0 Å². The minimum atomic E-state index is -0.387. The molecule has 1 aliphatic rings. The van der Waals surface area contributed by atoms with Crippen molar-refractivity contribution in [2.45, 2.75) is 6.42 Å². The molecule has 1 heterocycles. The Hall–Kier alpha value is -2.39. The molecule has 0 radical (unpaired) electrons. The lowest BCUT2D eigenvalue weighted by molar-refractivity contribution is -0.135. The number of nitriles is 1. The summed E-state index contributed by atoms with van der Waals surface area (Å²) in [6.45, 7) is 2.95. The number of nitrogens with one attached hydrogen (secondary N) is 1. The average molecular weight is 286 g/mol. The SMILES string of the molecule is CN1CCN(C(=O)CC(=O)Nc2ccccc2C#N)CC1. The summed E-state index contributed by atoms with van der Waals surface area (Å²) in [5.41, 5.74) is 0.828. The highest BCUT2D eigenvalue weighted by Crippen LogP contribution is 2.14. The van der Waals surface area contributed by atoms with E-state index in [4.69, 9.17) is 5.26 Å². The van der Waals surface area contributed by atoms with E-state index in [2.05, 4.69) is 10.2 Å². The predicted octanol–water partition coefficient (Wildman–Crippen LogP) is 0.661. The molecular weight excluding hydrogens is 268 g/mol. The highest BCUT2D eigenvalue weighted by Gasteiger charge is 2.21. The third-order valence-corrected chi connectivity index (χ3v) is 3.49. The number of likely N-dealkylation sites (N-methyl/N-ethyl adjacent to an activating group) is 1. The van der Waals surface area contributed by atoms with Crippen LogP contribution in [0.3, 0.4) is 0 Å². The number of anilines is 1. The summed E-state index contributed by atoms with van der Waals surface area (Å²) in [4.78, 5) is 27.8. The molecule has 0 unspecified atom stereocenters. The molecule has 2 rings (SSSR count). The van der Waals surface area contributed by atoms with Gasteiger partial charge in [-0.3, -0.25) is 9.59 Å². The summed E-state index contributed by atoms with van der Waals surface area (Å²) in [6.07, 6.45) is -0.191. The molecule has 1 aromatic rings. The molecular formula is C15H18N4O2. The van der Waals surface area contributed by atoms with Crippen LogP contribution in [0, 0.1) is 11.3 Å². The van der Waals surface area contributed by atoms with Crippen molar-refractivity contribution in [2.24, 2.45) is 0 Å². The van der Waals surface area contributed by atoms with Gasteiger partial charge in [0.15, 0.2) is 0 Å². The van der Waals surface area contributed by atoms with E-state index in [-0.39, 0.29) is 18.2 Å². The summed E-state index contributed by atoms with van der Waals surface area (Å²) >= 11 is 0. The van der Waals surface area contributed by atoms with Crippen molar-refractivity contribution >= 4 is 17.5 Å². The summed E-state index contributed by atoms with van der Waals surface area (Å²) in [6, 6.07) is 8.74. The molecule has 0 bridgehead atoms. The van der Waals surface area contributed by atoms with Crippen LogP contribution >= 0.6 is 0 Å². The summed E-state index contributed by atoms with van der Waals surface area (Å²) in [5.74, 6) is -0.559. The summed E-state index contributed by atoms with van der Waals surface area (Å²) in [5, 5.41) is 11.6. The molecule has 21 heavy (non-hydrogen) atoms. The van der Waals surface area contributed by atoms with Gasteiger partial charge in [0.25, 0.3) is 0 Å². The van der Waals surface area contributed by atoms with E-state index in [1.165, 1.54) is 0 Å². The number of para-hydroxylation sites is 1. The van der Waals surface area contributed by atoms with Crippen LogP contribution < -0.4 is 5.32 Å². The van der Waals surface area contributed by atoms with Crippen LogP contribution in [-0.2, 0) is 9.59 Å². The lowest BCUT2D eigenvalue weighted by atomic mass is 10.2. The Bertz CT molecular complexity index is 571. The molecule has 0 saturated carbocycles. The van der Waals surface area contributed by atoms with E-state index in [1.54, 1.807) is 29.2 Å². The first-order valence-corrected chi connectivity index (χ1v) is 6.85. The molecule has 1 saturated heterocycles. The zero-order valence-corrected chi connectivity index (χ0v) is 12.0. The molecule has 1 fully saturated rings. The first-order chi connectivity index (χ1) is 10.1.